The van der Waals surface area contributed by atoms with Gasteiger partial charge in [0.25, 0.3) is 5.56 Å². The fourth-order valence-corrected chi connectivity index (χ4v) is 3.76. The number of piperidine rings is 1. The van der Waals surface area contributed by atoms with Crippen LogP contribution < -0.4 is 5.56 Å². The molecule has 0 radical (unpaired) electrons. The highest BCUT2D eigenvalue weighted by Gasteiger charge is 2.23. The van der Waals surface area contributed by atoms with Crippen molar-refractivity contribution in [3.05, 3.63) is 57.8 Å². The Morgan fingerprint density at radius 1 is 1.41 bits per heavy atom. The predicted octanol–water partition coefficient (Wildman–Crippen LogP) is 1.73. The lowest BCUT2D eigenvalue weighted by Gasteiger charge is -2.32. The van der Waals surface area contributed by atoms with Gasteiger partial charge in [-0.05, 0) is 43.0 Å². The third kappa shape index (κ3) is 3.48. The first kappa shape index (κ1) is 17.4. The van der Waals surface area contributed by atoms with Crippen molar-refractivity contribution in [2.75, 3.05) is 13.1 Å². The number of benzene rings is 1. The monoisotopic (exact) mass is 367 g/mol. The number of carbonyl (C=O) groups is 1. The number of aryl methyl sites for hydroxylation is 1. The molecule has 140 valence electrons. The number of H-pyrrole nitrogens is 1. The van der Waals surface area contributed by atoms with Gasteiger partial charge >= 0.3 is 5.97 Å². The van der Waals surface area contributed by atoms with E-state index in [0.29, 0.717) is 29.0 Å². The third-order valence-corrected chi connectivity index (χ3v) is 5.13. The maximum Gasteiger partial charge on any atom is 0.335 e. The van der Waals surface area contributed by atoms with Crippen molar-refractivity contribution in [1.29, 1.82) is 0 Å². The number of aromatic nitrogens is 4. The molecule has 0 saturated carbocycles. The smallest absolute Gasteiger partial charge is 0.335 e. The lowest BCUT2D eigenvalue weighted by Crippen LogP contribution is -2.35. The molecule has 1 fully saturated rings. The average molecular weight is 367 g/mol. The zero-order valence-electron chi connectivity index (χ0n) is 15.1. The number of carboxylic acid groups (broad SMARTS) is 1. The largest absolute Gasteiger partial charge is 0.478 e. The number of rotatable bonds is 4. The Morgan fingerprint density at radius 3 is 3.07 bits per heavy atom. The second-order valence-electron chi connectivity index (χ2n) is 7.02. The number of carboxylic acids is 1. The summed E-state index contributed by atoms with van der Waals surface area (Å²) in [5.41, 5.74) is 1.77. The SMILES string of the molecule is Cn1ncc2c(=O)[nH]c(CN3CCCC(c4cccc(C(=O)O)c4)C3)nc21. The van der Waals surface area contributed by atoms with Crippen LogP contribution in [-0.4, -0.2) is 48.8 Å². The highest BCUT2D eigenvalue weighted by molar-refractivity contribution is 5.87. The molecule has 27 heavy (non-hydrogen) atoms. The Bertz CT molecular complexity index is 1050. The number of likely N-dealkylation sites (tertiary alicyclic amines) is 1. The lowest BCUT2D eigenvalue weighted by atomic mass is 9.89. The Hall–Kier alpha value is -3.00. The molecule has 8 nitrogen and oxygen atoms in total. The van der Waals surface area contributed by atoms with E-state index in [2.05, 4.69) is 20.0 Å². The minimum Gasteiger partial charge on any atom is -0.478 e. The standard InChI is InChI=1S/C19H21N5O3/c1-23-17-15(9-20-23)18(25)22-16(21-17)11-24-7-3-6-14(10-24)12-4-2-5-13(8-12)19(26)27/h2,4-5,8-9,14H,3,6-7,10-11H2,1H3,(H,26,27)(H,21,22,25). The van der Waals surface area contributed by atoms with E-state index in [1.807, 2.05) is 6.07 Å². The number of nitrogens with zero attached hydrogens (tertiary/aromatic N) is 4. The van der Waals surface area contributed by atoms with Crippen molar-refractivity contribution in [3.63, 3.8) is 0 Å². The van der Waals surface area contributed by atoms with E-state index in [9.17, 15) is 14.7 Å². The van der Waals surface area contributed by atoms with Gasteiger partial charge in [-0.15, -0.1) is 0 Å². The van der Waals surface area contributed by atoms with Gasteiger partial charge in [-0.3, -0.25) is 14.4 Å². The van der Waals surface area contributed by atoms with Crippen LogP contribution in [0.2, 0.25) is 0 Å². The minimum atomic E-state index is -0.907. The third-order valence-electron chi connectivity index (χ3n) is 5.13. The van der Waals surface area contributed by atoms with Crippen LogP contribution in [0.5, 0.6) is 0 Å². The summed E-state index contributed by atoms with van der Waals surface area (Å²) in [6.45, 7) is 2.27. The highest BCUT2D eigenvalue weighted by atomic mass is 16.4. The van der Waals surface area contributed by atoms with Crippen molar-refractivity contribution in [2.45, 2.75) is 25.3 Å². The van der Waals surface area contributed by atoms with E-state index in [0.717, 1.165) is 31.5 Å². The van der Waals surface area contributed by atoms with E-state index in [1.165, 1.54) is 6.20 Å². The van der Waals surface area contributed by atoms with Crippen LogP contribution in [0.3, 0.4) is 0 Å². The van der Waals surface area contributed by atoms with Gasteiger partial charge < -0.3 is 10.1 Å². The van der Waals surface area contributed by atoms with E-state index in [4.69, 9.17) is 0 Å². The molecule has 3 aromatic rings. The maximum absolute atomic E-state index is 12.2. The van der Waals surface area contributed by atoms with Crippen LogP contribution in [0.1, 0.15) is 40.5 Å². The van der Waals surface area contributed by atoms with Crippen molar-refractivity contribution >= 4 is 17.0 Å². The van der Waals surface area contributed by atoms with Crippen LogP contribution in [0.4, 0.5) is 0 Å². The summed E-state index contributed by atoms with van der Waals surface area (Å²) < 4.78 is 1.60. The van der Waals surface area contributed by atoms with Crippen molar-refractivity contribution < 1.29 is 9.90 Å². The molecule has 0 amide bonds. The first-order chi connectivity index (χ1) is 13.0. The molecule has 1 atom stereocenters. The van der Waals surface area contributed by atoms with Gasteiger partial charge in [-0.1, -0.05) is 12.1 Å². The quantitative estimate of drug-likeness (QED) is 0.728. The fourth-order valence-electron chi connectivity index (χ4n) is 3.76. The topological polar surface area (TPSA) is 104 Å². The molecule has 0 spiro atoms. The summed E-state index contributed by atoms with van der Waals surface area (Å²) in [6.07, 6.45) is 3.56. The van der Waals surface area contributed by atoms with E-state index < -0.39 is 5.97 Å². The molecular formula is C19H21N5O3. The predicted molar refractivity (Wildman–Crippen MR) is 99.8 cm³/mol. The van der Waals surface area contributed by atoms with Gasteiger partial charge in [0.15, 0.2) is 5.65 Å². The zero-order chi connectivity index (χ0) is 19.0. The number of aromatic carboxylic acids is 1. The Labute approximate surface area is 155 Å². The molecule has 2 N–H and O–H groups in total. The first-order valence-corrected chi connectivity index (χ1v) is 8.98. The summed E-state index contributed by atoms with van der Waals surface area (Å²) in [5, 5.41) is 13.8. The van der Waals surface area contributed by atoms with Crippen LogP contribution in [-0.2, 0) is 13.6 Å². The van der Waals surface area contributed by atoms with Crippen molar-refractivity contribution in [1.82, 2.24) is 24.6 Å². The normalized spacial score (nSPS) is 18.0. The summed E-state index contributed by atoms with van der Waals surface area (Å²) in [5.74, 6) is -0.0167. The van der Waals surface area contributed by atoms with E-state index in [-0.39, 0.29) is 11.5 Å². The van der Waals surface area contributed by atoms with Gasteiger partial charge in [0.05, 0.1) is 18.3 Å². The van der Waals surface area contributed by atoms with Crippen molar-refractivity contribution in [2.24, 2.45) is 7.05 Å². The van der Waals surface area contributed by atoms with Crippen LogP contribution in [0, 0.1) is 0 Å². The molecule has 1 aliphatic rings. The fraction of sp³-hybridized carbons (Fsp3) is 0.368. The van der Waals surface area contributed by atoms with Crippen LogP contribution in [0.25, 0.3) is 11.0 Å². The molecule has 4 rings (SSSR count). The second-order valence-corrected chi connectivity index (χ2v) is 7.02. The maximum atomic E-state index is 12.2. The highest BCUT2D eigenvalue weighted by Crippen LogP contribution is 2.28. The molecule has 0 bridgehead atoms. The number of hydrogen-bond acceptors (Lipinski definition) is 5. The van der Waals surface area contributed by atoms with Crippen molar-refractivity contribution in [3.8, 4) is 0 Å². The van der Waals surface area contributed by atoms with E-state index in [1.54, 1.807) is 29.9 Å². The summed E-state index contributed by atoms with van der Waals surface area (Å²) >= 11 is 0. The first-order valence-electron chi connectivity index (χ1n) is 8.98. The Balaban J connectivity index is 1.54. The molecule has 1 unspecified atom stereocenters. The second kappa shape index (κ2) is 6.96. The molecule has 1 saturated heterocycles. The number of fused-ring (bicyclic) bond motifs is 1. The van der Waals surface area contributed by atoms with Gasteiger partial charge in [0, 0.05) is 13.6 Å². The van der Waals surface area contributed by atoms with Gasteiger partial charge in [-0.25, -0.2) is 9.78 Å². The molecule has 8 heteroatoms. The van der Waals surface area contributed by atoms with Gasteiger partial charge in [0.1, 0.15) is 11.2 Å². The molecule has 0 aliphatic carbocycles. The molecular weight excluding hydrogens is 346 g/mol. The summed E-state index contributed by atoms with van der Waals surface area (Å²) in [4.78, 5) is 33.1. The van der Waals surface area contributed by atoms with Crippen LogP contribution in [0.15, 0.2) is 35.3 Å². The summed E-state index contributed by atoms with van der Waals surface area (Å²) in [6, 6.07) is 7.16. The number of hydrogen-bond donors (Lipinski definition) is 2. The van der Waals surface area contributed by atoms with Gasteiger partial charge in [0.2, 0.25) is 0 Å². The Kier molecular flexibility index (Phi) is 4.49. The van der Waals surface area contributed by atoms with Gasteiger partial charge in [-0.2, -0.15) is 5.10 Å². The molecule has 3 heterocycles. The number of nitrogens with one attached hydrogen (secondary N) is 1. The zero-order valence-corrected chi connectivity index (χ0v) is 15.1. The minimum absolute atomic E-state index is 0.175. The summed E-state index contributed by atoms with van der Waals surface area (Å²) in [7, 11) is 1.77. The molecule has 1 aromatic carbocycles. The van der Waals surface area contributed by atoms with E-state index >= 15 is 0 Å². The lowest BCUT2D eigenvalue weighted by molar-refractivity contribution is 0.0696. The van der Waals surface area contributed by atoms with Crippen LogP contribution >= 0.6 is 0 Å². The molecule has 2 aromatic heterocycles. The Morgan fingerprint density at radius 2 is 2.26 bits per heavy atom. The number of aromatic amines is 1. The molecule has 1 aliphatic heterocycles. The average Bonchev–Trinajstić information content (AvgIpc) is 3.04.